The van der Waals surface area contributed by atoms with E-state index in [0.717, 1.165) is 5.56 Å². The van der Waals surface area contributed by atoms with Crippen molar-refractivity contribution in [2.75, 3.05) is 6.61 Å². The molecule has 164 valence electrons. The number of aliphatic hydroxyl groups excluding tert-OH is 1. The lowest BCUT2D eigenvalue weighted by atomic mass is 9.94. The molecule has 2 N–H and O–H groups in total. The first-order valence-corrected chi connectivity index (χ1v) is 10.2. The minimum Gasteiger partial charge on any atom is -0.507 e. The molecule has 1 aliphatic heterocycles. The Kier molecular flexibility index (Phi) is 5.73. The monoisotopic (exact) mass is 433 g/mol. The van der Waals surface area contributed by atoms with Crippen molar-refractivity contribution in [1.82, 2.24) is 4.90 Å². The molecule has 0 radical (unpaired) electrons. The van der Waals surface area contributed by atoms with Gasteiger partial charge in [0.1, 0.15) is 11.5 Å². The fourth-order valence-corrected chi connectivity index (χ4v) is 3.80. The van der Waals surface area contributed by atoms with Crippen molar-refractivity contribution in [3.05, 3.63) is 88.9 Å². The second-order valence-corrected chi connectivity index (χ2v) is 7.53. The number of hydrogen-bond donors (Lipinski definition) is 2. The van der Waals surface area contributed by atoms with Gasteiger partial charge in [-0.1, -0.05) is 35.9 Å². The predicted octanol–water partition coefficient (Wildman–Crippen LogP) is 4.31. The third-order valence-electron chi connectivity index (χ3n) is 5.37. The molecular formula is C25H23NO6. The van der Waals surface area contributed by atoms with E-state index in [1.54, 1.807) is 43.3 Å². The first-order valence-electron chi connectivity index (χ1n) is 10.2. The van der Waals surface area contributed by atoms with Crippen molar-refractivity contribution in [3.63, 3.8) is 0 Å². The maximum atomic E-state index is 13.1. The van der Waals surface area contributed by atoms with Crippen molar-refractivity contribution in [2.24, 2.45) is 0 Å². The summed E-state index contributed by atoms with van der Waals surface area (Å²) in [5.74, 6) is -1.13. The molecule has 1 saturated heterocycles. The number of nitrogens with zero attached hydrogens (tertiary/aromatic N) is 1. The Morgan fingerprint density at radius 3 is 2.53 bits per heavy atom. The zero-order valence-corrected chi connectivity index (χ0v) is 17.7. The van der Waals surface area contributed by atoms with Crippen LogP contribution in [0.5, 0.6) is 11.5 Å². The molecule has 0 saturated carbocycles. The van der Waals surface area contributed by atoms with Crippen LogP contribution in [0, 0.1) is 6.92 Å². The quantitative estimate of drug-likeness (QED) is 0.341. The molecule has 1 atom stereocenters. The number of aryl methyl sites for hydroxylation is 1. The fourth-order valence-electron chi connectivity index (χ4n) is 3.80. The Hall–Kier alpha value is -4.00. The molecule has 7 nitrogen and oxygen atoms in total. The van der Waals surface area contributed by atoms with Crippen LogP contribution in [-0.2, 0) is 16.1 Å². The van der Waals surface area contributed by atoms with Gasteiger partial charge in [-0.3, -0.25) is 9.59 Å². The van der Waals surface area contributed by atoms with Gasteiger partial charge < -0.3 is 24.3 Å². The van der Waals surface area contributed by atoms with Gasteiger partial charge in [0.15, 0.2) is 11.5 Å². The Morgan fingerprint density at radius 2 is 1.88 bits per heavy atom. The molecule has 0 bridgehead atoms. The summed E-state index contributed by atoms with van der Waals surface area (Å²) in [4.78, 5) is 27.4. The minimum absolute atomic E-state index is 0.0291. The van der Waals surface area contributed by atoms with Crippen LogP contribution in [0.15, 0.2) is 70.9 Å². The molecule has 0 unspecified atom stereocenters. The van der Waals surface area contributed by atoms with Crippen molar-refractivity contribution >= 4 is 17.4 Å². The first kappa shape index (κ1) is 21.2. The summed E-state index contributed by atoms with van der Waals surface area (Å²) in [6.07, 6.45) is 1.49. The summed E-state index contributed by atoms with van der Waals surface area (Å²) < 4.78 is 10.9. The van der Waals surface area contributed by atoms with Gasteiger partial charge in [0.2, 0.25) is 0 Å². The number of Topliss-reactive ketones (excluding diaryl/α,β-unsaturated/α-hetero) is 1. The van der Waals surface area contributed by atoms with Gasteiger partial charge in [-0.25, -0.2) is 0 Å². The maximum Gasteiger partial charge on any atom is 0.296 e. The lowest BCUT2D eigenvalue weighted by Gasteiger charge is -2.25. The number of benzene rings is 2. The number of aliphatic hydroxyl groups is 1. The van der Waals surface area contributed by atoms with Crippen molar-refractivity contribution < 1.29 is 29.0 Å². The second kappa shape index (κ2) is 8.63. The summed E-state index contributed by atoms with van der Waals surface area (Å²) in [6, 6.07) is 14.2. The molecule has 7 heteroatoms. The van der Waals surface area contributed by atoms with Crippen molar-refractivity contribution in [3.8, 4) is 11.5 Å². The third kappa shape index (κ3) is 3.85. The smallest absolute Gasteiger partial charge is 0.296 e. The van der Waals surface area contributed by atoms with Gasteiger partial charge in [0, 0.05) is 5.56 Å². The average Bonchev–Trinajstić information content (AvgIpc) is 3.38. The highest BCUT2D eigenvalue weighted by atomic mass is 16.5. The predicted molar refractivity (Wildman–Crippen MR) is 117 cm³/mol. The van der Waals surface area contributed by atoms with E-state index in [-0.39, 0.29) is 29.4 Å². The van der Waals surface area contributed by atoms with E-state index in [1.807, 2.05) is 19.1 Å². The fraction of sp³-hybridized carbons (Fsp3) is 0.200. The Morgan fingerprint density at radius 1 is 1.12 bits per heavy atom. The van der Waals surface area contributed by atoms with E-state index in [2.05, 4.69) is 0 Å². The molecule has 1 aliphatic rings. The molecule has 3 aromatic rings. The van der Waals surface area contributed by atoms with E-state index >= 15 is 0 Å². The molecule has 2 heterocycles. The van der Waals surface area contributed by atoms with E-state index in [1.165, 1.54) is 17.2 Å². The number of phenolic OH excluding ortho intramolecular Hbond substituents is 1. The van der Waals surface area contributed by atoms with Crippen LogP contribution in [0.3, 0.4) is 0 Å². The third-order valence-corrected chi connectivity index (χ3v) is 5.37. The van der Waals surface area contributed by atoms with Gasteiger partial charge in [-0.05, 0) is 43.7 Å². The molecule has 0 aliphatic carbocycles. The van der Waals surface area contributed by atoms with Crippen LogP contribution < -0.4 is 4.74 Å². The van der Waals surface area contributed by atoms with Gasteiger partial charge in [-0.15, -0.1) is 0 Å². The van der Waals surface area contributed by atoms with Crippen LogP contribution in [0.25, 0.3) is 5.76 Å². The minimum atomic E-state index is -0.888. The molecular weight excluding hydrogens is 410 g/mol. The van der Waals surface area contributed by atoms with Crippen LogP contribution in [0.1, 0.15) is 35.4 Å². The molecule has 32 heavy (non-hydrogen) atoms. The number of likely N-dealkylation sites (tertiary alicyclic amines) is 1. The average molecular weight is 433 g/mol. The van der Waals surface area contributed by atoms with Gasteiger partial charge in [-0.2, -0.15) is 0 Å². The highest BCUT2D eigenvalue weighted by Crippen LogP contribution is 2.42. The lowest BCUT2D eigenvalue weighted by molar-refractivity contribution is -0.140. The standard InChI is InChI=1S/C25H23NO6/c1-3-31-20-13-17(10-11-19(20)27)22-21(23(28)16-8-6-15(2)7-9-16)24(29)25(30)26(22)14-18-5-4-12-32-18/h4-13,22,27-28H,3,14H2,1-2H3/t22-/m1/s1. The van der Waals surface area contributed by atoms with Crippen LogP contribution >= 0.6 is 0 Å². The highest BCUT2D eigenvalue weighted by Gasteiger charge is 2.46. The number of rotatable bonds is 6. The van der Waals surface area contributed by atoms with E-state index in [0.29, 0.717) is 23.5 Å². The Labute approximate surface area is 185 Å². The lowest BCUT2D eigenvalue weighted by Crippen LogP contribution is -2.29. The number of carbonyl (C=O) groups is 2. The summed E-state index contributed by atoms with van der Waals surface area (Å²) in [5, 5.41) is 21.2. The van der Waals surface area contributed by atoms with Crippen molar-refractivity contribution in [1.29, 1.82) is 0 Å². The van der Waals surface area contributed by atoms with E-state index < -0.39 is 17.7 Å². The van der Waals surface area contributed by atoms with Gasteiger partial charge in [0.05, 0.1) is 31.0 Å². The molecule has 1 aromatic heterocycles. The van der Waals surface area contributed by atoms with E-state index in [4.69, 9.17) is 9.15 Å². The topological polar surface area (TPSA) is 100 Å². The normalized spacial score (nSPS) is 17.7. The maximum absolute atomic E-state index is 13.1. The molecule has 1 amide bonds. The van der Waals surface area contributed by atoms with Crippen LogP contribution in [0.4, 0.5) is 0 Å². The number of ketones is 1. The SMILES string of the molecule is CCOc1cc([C@@H]2C(=C(O)c3ccc(C)cc3)C(=O)C(=O)N2Cc2ccco2)ccc1O. The largest absolute Gasteiger partial charge is 0.507 e. The molecule has 1 fully saturated rings. The number of ether oxygens (including phenoxy) is 1. The summed E-state index contributed by atoms with van der Waals surface area (Å²) in [6.45, 7) is 4.06. The Balaban J connectivity index is 1.88. The van der Waals surface area contributed by atoms with Crippen LogP contribution in [-0.4, -0.2) is 33.4 Å². The number of hydrogen-bond acceptors (Lipinski definition) is 6. The second-order valence-electron chi connectivity index (χ2n) is 7.53. The van der Waals surface area contributed by atoms with Gasteiger partial charge >= 0.3 is 0 Å². The zero-order valence-electron chi connectivity index (χ0n) is 17.7. The summed E-state index contributed by atoms with van der Waals surface area (Å²) in [5.41, 5.74) is 1.92. The first-order chi connectivity index (χ1) is 15.4. The molecule has 4 rings (SSSR count). The van der Waals surface area contributed by atoms with Gasteiger partial charge in [0.25, 0.3) is 11.7 Å². The number of amides is 1. The van der Waals surface area contributed by atoms with Crippen LogP contribution in [0.2, 0.25) is 0 Å². The summed E-state index contributed by atoms with van der Waals surface area (Å²) in [7, 11) is 0. The Bertz CT molecular complexity index is 1180. The number of aromatic hydroxyl groups is 1. The molecule has 0 spiro atoms. The number of phenols is 1. The molecule has 2 aromatic carbocycles. The highest BCUT2D eigenvalue weighted by molar-refractivity contribution is 6.46. The zero-order chi connectivity index (χ0) is 22.8. The number of furan rings is 1. The summed E-state index contributed by atoms with van der Waals surface area (Å²) >= 11 is 0. The van der Waals surface area contributed by atoms with Crippen molar-refractivity contribution in [2.45, 2.75) is 26.4 Å². The number of carbonyl (C=O) groups excluding carboxylic acids is 2. The van der Waals surface area contributed by atoms with E-state index in [9.17, 15) is 19.8 Å².